The van der Waals surface area contributed by atoms with Gasteiger partial charge in [0.15, 0.2) is 0 Å². The molecule has 2 amide bonds. The number of benzene rings is 1. The number of hydrogen-bond acceptors (Lipinski definition) is 2. The Balaban J connectivity index is 2.85. The first-order valence-electron chi connectivity index (χ1n) is 6.91. The monoisotopic (exact) mass is 296 g/mol. The zero-order valence-electron chi connectivity index (χ0n) is 12.5. The lowest BCUT2D eigenvalue weighted by Crippen LogP contribution is -2.48. The Hall–Kier alpha value is -2.11. The maximum absolute atomic E-state index is 13.2. The first-order valence-corrected chi connectivity index (χ1v) is 6.91. The molecule has 0 aliphatic rings. The van der Waals surface area contributed by atoms with E-state index in [2.05, 4.69) is 5.32 Å². The van der Waals surface area contributed by atoms with Gasteiger partial charge in [0, 0.05) is 12.2 Å². The number of anilines is 1. The Morgan fingerprint density at radius 1 is 1.38 bits per heavy atom. The molecule has 6 heteroatoms. The van der Waals surface area contributed by atoms with E-state index in [4.69, 9.17) is 5.11 Å². The fourth-order valence-corrected chi connectivity index (χ4v) is 2.01. The average molecular weight is 296 g/mol. The van der Waals surface area contributed by atoms with Gasteiger partial charge in [0.25, 0.3) is 0 Å². The number of carbonyl (C=O) groups excluding carboxylic acids is 1. The van der Waals surface area contributed by atoms with E-state index in [1.54, 1.807) is 13.0 Å². The number of carboxylic acid groups (broad SMARTS) is 1. The summed E-state index contributed by atoms with van der Waals surface area (Å²) < 4.78 is 13.2. The van der Waals surface area contributed by atoms with E-state index in [1.807, 2.05) is 13.8 Å². The number of carboxylic acids is 1. The number of aliphatic carboxylic acids is 1. The molecule has 0 radical (unpaired) electrons. The van der Waals surface area contributed by atoms with Crippen LogP contribution in [0.4, 0.5) is 14.9 Å². The molecular weight excluding hydrogens is 275 g/mol. The summed E-state index contributed by atoms with van der Waals surface area (Å²) in [5.41, 5.74) is 0.392. The third-order valence-electron chi connectivity index (χ3n) is 2.98. The fraction of sp³-hybridized carbons (Fsp3) is 0.467. The van der Waals surface area contributed by atoms with E-state index in [9.17, 15) is 14.0 Å². The van der Waals surface area contributed by atoms with Crippen LogP contribution in [-0.4, -0.2) is 29.7 Å². The normalized spacial score (nSPS) is 12.0. The number of nitrogens with one attached hydrogen (secondary N) is 1. The minimum atomic E-state index is -1.08. The predicted molar refractivity (Wildman–Crippen MR) is 78.8 cm³/mol. The highest BCUT2D eigenvalue weighted by atomic mass is 19.1. The third-order valence-corrected chi connectivity index (χ3v) is 2.98. The number of hydrogen-bond donors (Lipinski definition) is 2. The minimum Gasteiger partial charge on any atom is -0.480 e. The van der Waals surface area contributed by atoms with Gasteiger partial charge < -0.3 is 10.4 Å². The highest BCUT2D eigenvalue weighted by Gasteiger charge is 2.24. The van der Waals surface area contributed by atoms with Crippen molar-refractivity contribution in [1.82, 2.24) is 5.32 Å². The molecule has 0 saturated carbocycles. The summed E-state index contributed by atoms with van der Waals surface area (Å²) in [7, 11) is 0. The van der Waals surface area contributed by atoms with Crippen LogP contribution in [0.5, 0.6) is 0 Å². The Bertz CT molecular complexity index is 505. The smallest absolute Gasteiger partial charge is 0.326 e. The summed E-state index contributed by atoms with van der Waals surface area (Å²) in [6, 6.07) is 4.12. The van der Waals surface area contributed by atoms with Crippen LogP contribution >= 0.6 is 0 Å². The molecule has 0 unspecified atom stereocenters. The standard InChI is InChI=1S/C15H21FN2O3/c1-4-18(12-7-5-6-11(16)9-12)15(21)17-13(14(19)20)8-10(2)3/h5-7,9-10,13H,4,8H2,1-3H3,(H,17,21)(H,19,20)/t13-/m0/s1. The average Bonchev–Trinajstić information content (AvgIpc) is 2.38. The molecule has 0 bridgehead atoms. The van der Waals surface area contributed by atoms with Gasteiger partial charge >= 0.3 is 12.0 Å². The molecule has 0 aromatic heterocycles. The molecule has 1 aromatic rings. The van der Waals surface area contributed by atoms with E-state index in [1.165, 1.54) is 23.1 Å². The summed E-state index contributed by atoms with van der Waals surface area (Å²) in [5, 5.41) is 11.6. The lowest BCUT2D eigenvalue weighted by atomic mass is 10.0. The predicted octanol–water partition coefficient (Wildman–Crippen LogP) is 2.86. The van der Waals surface area contributed by atoms with E-state index in [0.717, 1.165) is 0 Å². The molecule has 21 heavy (non-hydrogen) atoms. The van der Waals surface area contributed by atoms with Crippen molar-refractivity contribution in [3.8, 4) is 0 Å². The largest absolute Gasteiger partial charge is 0.480 e. The molecule has 116 valence electrons. The summed E-state index contributed by atoms with van der Waals surface area (Å²) in [5.74, 6) is -1.39. The lowest BCUT2D eigenvalue weighted by Gasteiger charge is -2.24. The number of urea groups is 1. The Labute approximate surface area is 123 Å². The van der Waals surface area contributed by atoms with Crippen molar-refractivity contribution in [3.63, 3.8) is 0 Å². The highest BCUT2D eigenvalue weighted by Crippen LogP contribution is 2.16. The maximum atomic E-state index is 13.2. The molecule has 0 aliphatic heterocycles. The second-order valence-corrected chi connectivity index (χ2v) is 5.19. The lowest BCUT2D eigenvalue weighted by molar-refractivity contribution is -0.139. The molecule has 0 spiro atoms. The van der Waals surface area contributed by atoms with Crippen molar-refractivity contribution >= 4 is 17.7 Å². The molecule has 1 rings (SSSR count). The number of carbonyl (C=O) groups is 2. The molecule has 0 aliphatic carbocycles. The van der Waals surface area contributed by atoms with Gasteiger partial charge in [0.1, 0.15) is 11.9 Å². The molecule has 0 saturated heterocycles. The number of halogens is 1. The van der Waals surface area contributed by atoms with Crippen LogP contribution in [-0.2, 0) is 4.79 Å². The summed E-state index contributed by atoms with van der Waals surface area (Å²) >= 11 is 0. The molecular formula is C15H21FN2O3. The summed E-state index contributed by atoms with van der Waals surface area (Å²) in [4.78, 5) is 24.7. The summed E-state index contributed by atoms with van der Waals surface area (Å²) in [6.07, 6.45) is 0.335. The minimum absolute atomic E-state index is 0.135. The van der Waals surface area contributed by atoms with Gasteiger partial charge in [-0.3, -0.25) is 4.90 Å². The number of amides is 2. The van der Waals surface area contributed by atoms with E-state index >= 15 is 0 Å². The van der Waals surface area contributed by atoms with Crippen molar-refractivity contribution in [1.29, 1.82) is 0 Å². The number of rotatable bonds is 6. The quantitative estimate of drug-likeness (QED) is 0.848. The van der Waals surface area contributed by atoms with Gasteiger partial charge in [0.2, 0.25) is 0 Å². The van der Waals surface area contributed by atoms with Crippen LogP contribution < -0.4 is 10.2 Å². The zero-order valence-corrected chi connectivity index (χ0v) is 12.5. The fourth-order valence-electron chi connectivity index (χ4n) is 2.01. The van der Waals surface area contributed by atoms with Gasteiger partial charge in [0.05, 0.1) is 0 Å². The molecule has 0 fully saturated rings. The van der Waals surface area contributed by atoms with E-state index in [0.29, 0.717) is 18.7 Å². The van der Waals surface area contributed by atoms with Gasteiger partial charge in [-0.15, -0.1) is 0 Å². The van der Waals surface area contributed by atoms with Crippen molar-refractivity contribution < 1.29 is 19.1 Å². The van der Waals surface area contributed by atoms with Crippen LogP contribution in [0.1, 0.15) is 27.2 Å². The second kappa shape index (κ2) is 7.61. The van der Waals surface area contributed by atoms with Crippen molar-refractivity contribution in [2.45, 2.75) is 33.2 Å². The highest BCUT2D eigenvalue weighted by molar-refractivity contribution is 5.94. The summed E-state index contributed by atoms with van der Waals surface area (Å²) in [6.45, 7) is 5.81. The molecule has 1 aromatic carbocycles. The first-order chi connectivity index (χ1) is 9.85. The molecule has 1 atom stereocenters. The van der Waals surface area contributed by atoms with Gasteiger partial charge in [-0.2, -0.15) is 0 Å². The van der Waals surface area contributed by atoms with Crippen molar-refractivity contribution in [2.75, 3.05) is 11.4 Å². The van der Waals surface area contributed by atoms with E-state index in [-0.39, 0.29) is 5.92 Å². The molecule has 0 heterocycles. The zero-order chi connectivity index (χ0) is 16.0. The van der Waals surface area contributed by atoms with Crippen molar-refractivity contribution in [2.24, 2.45) is 5.92 Å². The van der Waals surface area contributed by atoms with Gasteiger partial charge in [-0.1, -0.05) is 19.9 Å². The van der Waals surface area contributed by atoms with Crippen LogP contribution in [0.3, 0.4) is 0 Å². The topological polar surface area (TPSA) is 69.6 Å². The van der Waals surface area contributed by atoms with Crippen LogP contribution in [0.25, 0.3) is 0 Å². The van der Waals surface area contributed by atoms with Gasteiger partial charge in [-0.25, -0.2) is 14.0 Å². The molecule has 2 N–H and O–H groups in total. The second-order valence-electron chi connectivity index (χ2n) is 5.19. The molecule has 5 nitrogen and oxygen atoms in total. The Morgan fingerprint density at radius 2 is 2.05 bits per heavy atom. The Kier molecular flexibility index (Phi) is 6.14. The first kappa shape index (κ1) is 16.9. The van der Waals surface area contributed by atoms with Crippen LogP contribution in [0, 0.1) is 11.7 Å². The van der Waals surface area contributed by atoms with Crippen LogP contribution in [0.15, 0.2) is 24.3 Å². The van der Waals surface area contributed by atoms with Crippen molar-refractivity contribution in [3.05, 3.63) is 30.1 Å². The number of nitrogens with zero attached hydrogens (tertiary/aromatic N) is 1. The maximum Gasteiger partial charge on any atom is 0.326 e. The third kappa shape index (κ3) is 5.06. The Morgan fingerprint density at radius 3 is 2.52 bits per heavy atom. The van der Waals surface area contributed by atoms with E-state index < -0.39 is 23.9 Å². The SMILES string of the molecule is CCN(C(=O)N[C@@H](CC(C)C)C(=O)O)c1cccc(F)c1. The van der Waals surface area contributed by atoms with Gasteiger partial charge in [-0.05, 0) is 37.5 Å². The van der Waals surface area contributed by atoms with Crippen LogP contribution in [0.2, 0.25) is 0 Å².